The topological polar surface area (TPSA) is 47.6 Å². The van der Waals surface area contributed by atoms with E-state index in [1.807, 2.05) is 49.4 Å². The lowest BCUT2D eigenvalue weighted by Gasteiger charge is -2.36. The van der Waals surface area contributed by atoms with Gasteiger partial charge in [0.1, 0.15) is 0 Å². The number of carbonyl (C=O) groups is 1. The van der Waals surface area contributed by atoms with Gasteiger partial charge in [-0.25, -0.2) is 0 Å². The Kier molecular flexibility index (Phi) is 7.05. The van der Waals surface area contributed by atoms with Crippen LogP contribution in [0.3, 0.4) is 0 Å². The van der Waals surface area contributed by atoms with Gasteiger partial charge in [0.25, 0.3) is 0 Å². The van der Waals surface area contributed by atoms with Gasteiger partial charge in [0, 0.05) is 30.8 Å². The molecule has 1 fully saturated rings. The summed E-state index contributed by atoms with van der Waals surface area (Å²) in [5.74, 6) is 0.0688. The summed E-state index contributed by atoms with van der Waals surface area (Å²) in [4.78, 5) is 13.3. The van der Waals surface area contributed by atoms with Gasteiger partial charge in [-0.1, -0.05) is 52.3 Å². The van der Waals surface area contributed by atoms with E-state index in [1.54, 1.807) is 0 Å². The summed E-state index contributed by atoms with van der Waals surface area (Å²) in [6.07, 6.45) is 1.39. The molecule has 1 saturated heterocycles. The molecule has 5 heteroatoms. The zero-order chi connectivity index (χ0) is 19.1. The molecule has 2 aromatic carbocycles. The average molecular weight is 432 g/mol. The van der Waals surface area contributed by atoms with Gasteiger partial charge >= 0.3 is 0 Å². The third kappa shape index (κ3) is 4.78. The average Bonchev–Trinajstić information content (AvgIpc) is 2.72. The predicted octanol–water partition coefficient (Wildman–Crippen LogP) is 4.35. The highest BCUT2D eigenvalue weighted by molar-refractivity contribution is 9.10. The molecular formula is C22H26BrNO3. The Balaban J connectivity index is 1.77. The number of nitrogens with one attached hydrogen (secondary N) is 1. The zero-order valence-electron chi connectivity index (χ0n) is 15.7. The SMILES string of the molecule is CCOCc1ccccc1CNC(=O)C1(c2ccc(Br)cc2)CCOCC1. The maximum Gasteiger partial charge on any atom is 0.231 e. The van der Waals surface area contributed by atoms with E-state index in [0.717, 1.165) is 21.2 Å². The summed E-state index contributed by atoms with van der Waals surface area (Å²) in [5.41, 5.74) is 2.73. The minimum absolute atomic E-state index is 0.0688. The summed E-state index contributed by atoms with van der Waals surface area (Å²) in [5, 5.41) is 3.18. The summed E-state index contributed by atoms with van der Waals surface area (Å²) in [6.45, 7) is 4.93. The van der Waals surface area contributed by atoms with Crippen molar-refractivity contribution in [2.75, 3.05) is 19.8 Å². The van der Waals surface area contributed by atoms with Crippen LogP contribution in [0.1, 0.15) is 36.5 Å². The third-order valence-corrected chi connectivity index (χ3v) is 5.73. The Morgan fingerprint density at radius 2 is 1.78 bits per heavy atom. The maximum atomic E-state index is 13.3. The van der Waals surface area contributed by atoms with Crippen LogP contribution in [-0.4, -0.2) is 25.7 Å². The number of ether oxygens (including phenoxy) is 2. The molecule has 0 spiro atoms. The Morgan fingerprint density at radius 3 is 2.44 bits per heavy atom. The van der Waals surface area contributed by atoms with E-state index in [2.05, 4.69) is 27.3 Å². The lowest BCUT2D eigenvalue weighted by molar-refractivity contribution is -0.130. The summed E-state index contributed by atoms with van der Waals surface area (Å²) in [6, 6.07) is 16.2. The second-order valence-corrected chi connectivity index (χ2v) is 7.71. The van der Waals surface area contributed by atoms with Gasteiger partial charge in [-0.15, -0.1) is 0 Å². The van der Waals surface area contributed by atoms with Crippen molar-refractivity contribution < 1.29 is 14.3 Å². The molecule has 1 aliphatic heterocycles. The van der Waals surface area contributed by atoms with Gasteiger partial charge in [-0.05, 0) is 48.6 Å². The quantitative estimate of drug-likeness (QED) is 0.708. The van der Waals surface area contributed by atoms with E-state index in [-0.39, 0.29) is 5.91 Å². The molecule has 0 aliphatic carbocycles. The van der Waals surface area contributed by atoms with Crippen LogP contribution in [-0.2, 0) is 32.8 Å². The lowest BCUT2D eigenvalue weighted by Crippen LogP contribution is -2.47. The van der Waals surface area contributed by atoms with Gasteiger partial charge in [0.2, 0.25) is 5.91 Å². The highest BCUT2D eigenvalue weighted by Crippen LogP contribution is 2.36. The largest absolute Gasteiger partial charge is 0.381 e. The zero-order valence-corrected chi connectivity index (χ0v) is 17.3. The molecule has 2 aromatic rings. The Labute approximate surface area is 169 Å². The van der Waals surface area contributed by atoms with Crippen molar-refractivity contribution in [1.82, 2.24) is 5.32 Å². The number of amides is 1. The van der Waals surface area contributed by atoms with E-state index in [4.69, 9.17) is 9.47 Å². The highest BCUT2D eigenvalue weighted by Gasteiger charge is 2.41. The summed E-state index contributed by atoms with van der Waals surface area (Å²) in [7, 11) is 0. The van der Waals surface area contributed by atoms with Gasteiger partial charge in [-0.3, -0.25) is 4.79 Å². The lowest BCUT2D eigenvalue weighted by atomic mass is 9.73. The molecule has 1 aliphatic rings. The van der Waals surface area contributed by atoms with E-state index >= 15 is 0 Å². The molecule has 0 aromatic heterocycles. The van der Waals surface area contributed by atoms with Gasteiger partial charge in [-0.2, -0.15) is 0 Å². The molecule has 27 heavy (non-hydrogen) atoms. The molecule has 0 unspecified atom stereocenters. The standard InChI is InChI=1S/C22H26BrNO3/c1-2-26-16-18-6-4-3-5-17(18)15-24-21(25)22(11-13-27-14-12-22)19-7-9-20(23)10-8-19/h3-10H,2,11-16H2,1H3,(H,24,25). The third-order valence-electron chi connectivity index (χ3n) is 5.20. The van der Waals surface area contributed by atoms with Gasteiger partial charge in [0.15, 0.2) is 0 Å². The normalized spacial score (nSPS) is 16.1. The van der Waals surface area contributed by atoms with Gasteiger partial charge in [0.05, 0.1) is 12.0 Å². The van der Waals surface area contributed by atoms with Crippen molar-refractivity contribution in [3.05, 3.63) is 69.7 Å². The second-order valence-electron chi connectivity index (χ2n) is 6.79. The van der Waals surface area contributed by atoms with Crippen molar-refractivity contribution in [1.29, 1.82) is 0 Å². The van der Waals surface area contributed by atoms with Crippen molar-refractivity contribution in [3.8, 4) is 0 Å². The van der Waals surface area contributed by atoms with Crippen LogP contribution >= 0.6 is 15.9 Å². The number of carbonyl (C=O) groups excluding carboxylic acids is 1. The van der Waals surface area contributed by atoms with Crippen molar-refractivity contribution in [2.24, 2.45) is 0 Å². The number of halogens is 1. The van der Waals surface area contributed by atoms with Crippen molar-refractivity contribution in [3.63, 3.8) is 0 Å². The maximum absolute atomic E-state index is 13.3. The van der Waals surface area contributed by atoms with Gasteiger partial charge < -0.3 is 14.8 Å². The summed E-state index contributed by atoms with van der Waals surface area (Å²) >= 11 is 3.48. The Morgan fingerprint density at radius 1 is 1.11 bits per heavy atom. The molecule has 0 atom stereocenters. The molecule has 0 radical (unpaired) electrons. The van der Waals surface area contributed by atoms with Crippen LogP contribution in [0, 0.1) is 0 Å². The minimum Gasteiger partial charge on any atom is -0.381 e. The van der Waals surface area contributed by atoms with Crippen LogP contribution < -0.4 is 5.32 Å². The first kappa shape index (κ1) is 20.1. The summed E-state index contributed by atoms with van der Waals surface area (Å²) < 4.78 is 12.1. The Hall–Kier alpha value is -1.69. The minimum atomic E-state index is -0.534. The highest BCUT2D eigenvalue weighted by atomic mass is 79.9. The number of rotatable bonds is 7. The van der Waals surface area contributed by atoms with Crippen LogP contribution in [0.4, 0.5) is 0 Å². The van der Waals surface area contributed by atoms with E-state index in [0.29, 0.717) is 45.8 Å². The van der Waals surface area contributed by atoms with E-state index < -0.39 is 5.41 Å². The van der Waals surface area contributed by atoms with Crippen LogP contribution in [0.2, 0.25) is 0 Å². The number of hydrogen-bond acceptors (Lipinski definition) is 3. The molecule has 1 N–H and O–H groups in total. The number of benzene rings is 2. The van der Waals surface area contributed by atoms with Crippen molar-refractivity contribution in [2.45, 2.75) is 38.3 Å². The first-order chi connectivity index (χ1) is 13.2. The van der Waals surface area contributed by atoms with E-state index in [9.17, 15) is 4.79 Å². The fourth-order valence-electron chi connectivity index (χ4n) is 3.56. The van der Waals surface area contributed by atoms with Crippen LogP contribution in [0.25, 0.3) is 0 Å². The monoisotopic (exact) mass is 431 g/mol. The first-order valence-corrected chi connectivity index (χ1v) is 10.2. The molecule has 4 nitrogen and oxygen atoms in total. The molecule has 1 amide bonds. The molecule has 3 rings (SSSR count). The molecule has 0 bridgehead atoms. The fraction of sp³-hybridized carbons (Fsp3) is 0.409. The van der Waals surface area contributed by atoms with Crippen LogP contribution in [0.5, 0.6) is 0 Å². The number of hydrogen-bond donors (Lipinski definition) is 1. The molecular weight excluding hydrogens is 406 g/mol. The van der Waals surface area contributed by atoms with Crippen LogP contribution in [0.15, 0.2) is 53.0 Å². The Bertz CT molecular complexity index is 754. The first-order valence-electron chi connectivity index (χ1n) is 9.42. The second kappa shape index (κ2) is 9.49. The molecule has 0 saturated carbocycles. The molecule has 144 valence electrons. The molecule has 1 heterocycles. The van der Waals surface area contributed by atoms with Crippen molar-refractivity contribution >= 4 is 21.8 Å². The van der Waals surface area contributed by atoms with E-state index in [1.165, 1.54) is 0 Å². The predicted molar refractivity (Wildman–Crippen MR) is 109 cm³/mol. The smallest absolute Gasteiger partial charge is 0.231 e. The fourth-order valence-corrected chi connectivity index (χ4v) is 3.83.